The van der Waals surface area contributed by atoms with Crippen LogP contribution in [0, 0.1) is 5.82 Å². The van der Waals surface area contributed by atoms with Crippen molar-refractivity contribution >= 4 is 0 Å². The lowest BCUT2D eigenvalue weighted by molar-refractivity contribution is -0.0984. The van der Waals surface area contributed by atoms with Crippen molar-refractivity contribution in [2.24, 2.45) is 0 Å². The van der Waals surface area contributed by atoms with E-state index in [4.69, 9.17) is 9.47 Å². The fourth-order valence-electron chi connectivity index (χ4n) is 1.71. The molecule has 4 heteroatoms. The minimum atomic E-state index is -0.886. The molecular weight excluding hydrogens is 223 g/mol. The van der Waals surface area contributed by atoms with E-state index in [-0.39, 0.29) is 5.75 Å². The summed E-state index contributed by atoms with van der Waals surface area (Å²) in [4.78, 5) is 0. The molecule has 0 aliphatic heterocycles. The van der Waals surface area contributed by atoms with Crippen LogP contribution >= 0.6 is 0 Å². The highest BCUT2D eigenvalue weighted by molar-refractivity contribution is 5.31. The molecule has 1 atom stereocenters. The normalized spacial score (nSPS) is 13.5. The smallest absolute Gasteiger partial charge is 0.165 e. The summed E-state index contributed by atoms with van der Waals surface area (Å²) in [6.07, 6.45) is -0.886. The van der Waals surface area contributed by atoms with E-state index in [0.717, 1.165) is 0 Å². The fourth-order valence-corrected chi connectivity index (χ4v) is 1.71. The van der Waals surface area contributed by atoms with E-state index in [9.17, 15) is 9.50 Å². The third-order valence-electron chi connectivity index (χ3n) is 2.67. The van der Waals surface area contributed by atoms with Crippen molar-refractivity contribution in [2.75, 3.05) is 13.7 Å². The number of hydrogen-bond donors (Lipinski definition) is 1. The fraction of sp³-hybridized carbons (Fsp3) is 0.538. The standard InChI is InChI=1S/C13H19FO3/c1-5-17-13(2,3)12(15)9-6-7-11(16-4)10(14)8-9/h6-8,12,15H,5H2,1-4H3. The number of methoxy groups -OCH3 is 1. The van der Waals surface area contributed by atoms with Gasteiger partial charge in [0.05, 0.1) is 12.7 Å². The van der Waals surface area contributed by atoms with Crippen molar-refractivity contribution in [1.29, 1.82) is 0 Å². The lowest BCUT2D eigenvalue weighted by atomic mass is 9.94. The number of benzene rings is 1. The van der Waals surface area contributed by atoms with Gasteiger partial charge in [0.2, 0.25) is 0 Å². The molecule has 1 aromatic rings. The number of aliphatic hydroxyl groups excluding tert-OH is 1. The lowest BCUT2D eigenvalue weighted by Crippen LogP contribution is -2.32. The molecule has 0 fully saturated rings. The largest absolute Gasteiger partial charge is 0.494 e. The van der Waals surface area contributed by atoms with Gasteiger partial charge >= 0.3 is 0 Å². The zero-order valence-corrected chi connectivity index (χ0v) is 10.7. The van der Waals surface area contributed by atoms with Crippen molar-refractivity contribution in [3.63, 3.8) is 0 Å². The minimum Gasteiger partial charge on any atom is -0.494 e. The van der Waals surface area contributed by atoms with Gasteiger partial charge in [-0.1, -0.05) is 6.07 Å². The number of ether oxygens (including phenoxy) is 2. The summed E-state index contributed by atoms with van der Waals surface area (Å²) in [5.74, 6) is -0.327. The Bertz CT molecular complexity index is 377. The average molecular weight is 242 g/mol. The van der Waals surface area contributed by atoms with Gasteiger partial charge in [0, 0.05) is 6.61 Å². The van der Waals surface area contributed by atoms with Gasteiger partial charge in [-0.15, -0.1) is 0 Å². The summed E-state index contributed by atoms with van der Waals surface area (Å²) in [6, 6.07) is 4.40. The van der Waals surface area contributed by atoms with Gasteiger partial charge in [0.25, 0.3) is 0 Å². The first-order valence-electron chi connectivity index (χ1n) is 5.57. The van der Waals surface area contributed by atoms with Crippen LogP contribution in [0.4, 0.5) is 4.39 Å². The number of halogens is 1. The topological polar surface area (TPSA) is 38.7 Å². The Morgan fingerprint density at radius 1 is 1.41 bits per heavy atom. The summed E-state index contributed by atoms with van der Waals surface area (Å²) in [5.41, 5.74) is -0.280. The highest BCUT2D eigenvalue weighted by atomic mass is 19.1. The molecule has 0 bridgehead atoms. The Morgan fingerprint density at radius 3 is 2.53 bits per heavy atom. The monoisotopic (exact) mass is 242 g/mol. The van der Waals surface area contributed by atoms with Crippen LogP contribution in [0.1, 0.15) is 32.4 Å². The van der Waals surface area contributed by atoms with Crippen LogP contribution in [0.5, 0.6) is 5.75 Å². The van der Waals surface area contributed by atoms with Gasteiger partial charge in [-0.05, 0) is 38.5 Å². The Balaban J connectivity index is 2.96. The van der Waals surface area contributed by atoms with E-state index < -0.39 is 17.5 Å². The van der Waals surface area contributed by atoms with Crippen LogP contribution in [0.15, 0.2) is 18.2 Å². The van der Waals surface area contributed by atoms with Crippen molar-refractivity contribution < 1.29 is 19.0 Å². The summed E-state index contributed by atoms with van der Waals surface area (Å²) in [5, 5.41) is 10.1. The van der Waals surface area contributed by atoms with Crippen molar-refractivity contribution in [2.45, 2.75) is 32.5 Å². The van der Waals surface area contributed by atoms with E-state index >= 15 is 0 Å². The lowest BCUT2D eigenvalue weighted by Gasteiger charge is -2.30. The van der Waals surface area contributed by atoms with Crippen LogP contribution in [-0.2, 0) is 4.74 Å². The summed E-state index contributed by atoms with van der Waals surface area (Å²) in [7, 11) is 1.40. The van der Waals surface area contributed by atoms with Gasteiger partial charge in [0.1, 0.15) is 6.10 Å². The van der Waals surface area contributed by atoms with Crippen molar-refractivity contribution in [1.82, 2.24) is 0 Å². The molecule has 0 spiro atoms. The van der Waals surface area contributed by atoms with Crippen LogP contribution in [0.25, 0.3) is 0 Å². The first-order chi connectivity index (χ1) is 7.92. The maximum Gasteiger partial charge on any atom is 0.165 e. The van der Waals surface area contributed by atoms with E-state index in [0.29, 0.717) is 12.2 Å². The minimum absolute atomic E-state index is 0.162. The predicted octanol–water partition coefficient (Wildman–Crippen LogP) is 2.68. The third kappa shape index (κ3) is 3.17. The van der Waals surface area contributed by atoms with Crippen LogP contribution in [0.3, 0.4) is 0 Å². The molecule has 1 unspecified atom stereocenters. The number of rotatable bonds is 5. The van der Waals surface area contributed by atoms with Crippen molar-refractivity contribution in [3.05, 3.63) is 29.6 Å². The summed E-state index contributed by atoms with van der Waals surface area (Å²) < 4.78 is 23.8. The number of aliphatic hydroxyl groups is 1. The molecule has 1 rings (SSSR count). The van der Waals surface area contributed by atoms with E-state index in [1.807, 2.05) is 6.92 Å². The SMILES string of the molecule is CCOC(C)(C)C(O)c1ccc(OC)c(F)c1. The molecule has 0 amide bonds. The Kier molecular flexibility index (Phi) is 4.48. The Morgan fingerprint density at radius 2 is 2.06 bits per heavy atom. The second kappa shape index (κ2) is 5.47. The highest BCUT2D eigenvalue weighted by Crippen LogP contribution is 2.30. The van der Waals surface area contributed by atoms with Crippen molar-refractivity contribution in [3.8, 4) is 5.75 Å². The molecular formula is C13H19FO3. The molecule has 3 nitrogen and oxygen atoms in total. The molecule has 0 aliphatic rings. The summed E-state index contributed by atoms with van der Waals surface area (Å²) >= 11 is 0. The van der Waals surface area contributed by atoms with Gasteiger partial charge in [-0.2, -0.15) is 0 Å². The quantitative estimate of drug-likeness (QED) is 0.862. The van der Waals surface area contributed by atoms with Gasteiger partial charge in [-0.3, -0.25) is 0 Å². The first kappa shape index (κ1) is 13.9. The zero-order chi connectivity index (χ0) is 13.1. The van der Waals surface area contributed by atoms with Gasteiger partial charge in [-0.25, -0.2) is 4.39 Å². The molecule has 0 aromatic heterocycles. The van der Waals surface area contributed by atoms with E-state index in [2.05, 4.69) is 0 Å². The zero-order valence-electron chi connectivity index (χ0n) is 10.7. The summed E-state index contributed by atoms with van der Waals surface area (Å²) in [6.45, 7) is 5.87. The second-order valence-corrected chi connectivity index (χ2v) is 4.33. The first-order valence-corrected chi connectivity index (χ1v) is 5.57. The van der Waals surface area contributed by atoms with E-state index in [1.165, 1.54) is 19.2 Å². The average Bonchev–Trinajstić information content (AvgIpc) is 2.27. The maximum absolute atomic E-state index is 13.5. The predicted molar refractivity (Wildman–Crippen MR) is 63.6 cm³/mol. The molecule has 0 saturated heterocycles. The van der Waals surface area contributed by atoms with Crippen LogP contribution in [0.2, 0.25) is 0 Å². The van der Waals surface area contributed by atoms with Crippen LogP contribution < -0.4 is 4.74 Å². The van der Waals surface area contributed by atoms with E-state index in [1.54, 1.807) is 19.9 Å². The molecule has 0 saturated carbocycles. The van der Waals surface area contributed by atoms with Gasteiger partial charge < -0.3 is 14.6 Å². The van der Waals surface area contributed by atoms with Crippen LogP contribution in [-0.4, -0.2) is 24.4 Å². The molecule has 0 aliphatic carbocycles. The molecule has 0 heterocycles. The molecule has 96 valence electrons. The maximum atomic E-state index is 13.5. The molecule has 1 aromatic carbocycles. The van der Waals surface area contributed by atoms with Gasteiger partial charge in [0.15, 0.2) is 11.6 Å². The third-order valence-corrected chi connectivity index (χ3v) is 2.67. The molecule has 17 heavy (non-hydrogen) atoms. The Hall–Kier alpha value is -1.13. The number of hydrogen-bond acceptors (Lipinski definition) is 3. The molecule has 0 radical (unpaired) electrons. The highest BCUT2D eigenvalue weighted by Gasteiger charge is 2.30. The molecule has 1 N–H and O–H groups in total. The second-order valence-electron chi connectivity index (χ2n) is 4.33. The Labute approximate surface area is 101 Å².